The van der Waals surface area contributed by atoms with E-state index in [2.05, 4.69) is 72.7 Å². The van der Waals surface area contributed by atoms with E-state index in [9.17, 15) is 10.2 Å². The van der Waals surface area contributed by atoms with Gasteiger partial charge in [-0.05, 0) is 71.4 Å². The third-order valence-corrected chi connectivity index (χ3v) is 7.33. The molecule has 0 radical (unpaired) electrons. The summed E-state index contributed by atoms with van der Waals surface area (Å²) in [6.07, 6.45) is 9.05. The van der Waals surface area contributed by atoms with E-state index in [1.54, 1.807) is 0 Å². The van der Waals surface area contributed by atoms with Crippen LogP contribution in [0.2, 0.25) is 0 Å². The molecule has 2 N–H and O–H groups in total. The fourth-order valence-electron chi connectivity index (χ4n) is 5.85. The Hall–Kier alpha value is -2.04. The average molecular weight is 527 g/mol. The molecule has 0 unspecified atom stereocenters. The topological polar surface area (TPSA) is 58.9 Å². The maximum atomic E-state index is 9.47. The standard InChI is InChI=1S/C34H54O4/c1-8-12-26-20-30(21-27(13-9-2)32(26)37-18-16-35)34(7,24-25(5)6)31-22-28(14-10-3)33(38-19-17-36)29(23-31)15-11-4/h20-23,25,35-36H,8-19,24H2,1-7H3. The van der Waals surface area contributed by atoms with Gasteiger partial charge in [0, 0.05) is 5.41 Å². The number of aliphatic hydroxyl groups excluding tert-OH is 2. The number of benzene rings is 2. The van der Waals surface area contributed by atoms with Gasteiger partial charge in [-0.25, -0.2) is 0 Å². The Morgan fingerprint density at radius 1 is 0.632 bits per heavy atom. The first-order valence-electron chi connectivity index (χ1n) is 15.1. The molecule has 4 heteroatoms. The van der Waals surface area contributed by atoms with E-state index in [1.807, 2.05) is 0 Å². The van der Waals surface area contributed by atoms with E-state index < -0.39 is 0 Å². The van der Waals surface area contributed by atoms with Crippen LogP contribution in [0.1, 0.15) is 114 Å². The van der Waals surface area contributed by atoms with Gasteiger partial charge in [-0.2, -0.15) is 0 Å². The van der Waals surface area contributed by atoms with Gasteiger partial charge in [0.1, 0.15) is 24.7 Å². The van der Waals surface area contributed by atoms with Gasteiger partial charge in [0.15, 0.2) is 0 Å². The summed E-state index contributed by atoms with van der Waals surface area (Å²) in [5.74, 6) is 2.47. The molecule has 0 amide bonds. The second-order valence-corrected chi connectivity index (χ2v) is 11.3. The molecule has 214 valence electrons. The van der Waals surface area contributed by atoms with Crippen LogP contribution in [0.3, 0.4) is 0 Å². The van der Waals surface area contributed by atoms with Crippen LogP contribution >= 0.6 is 0 Å². The molecule has 2 rings (SSSR count). The third kappa shape index (κ3) is 8.23. The predicted molar refractivity (Wildman–Crippen MR) is 160 cm³/mol. The Labute approximate surface area is 232 Å². The molecule has 2 aromatic carbocycles. The highest BCUT2D eigenvalue weighted by atomic mass is 16.5. The molecule has 0 saturated carbocycles. The Kier molecular flexibility index (Phi) is 13.7. The second kappa shape index (κ2) is 16.2. The summed E-state index contributed by atoms with van der Waals surface area (Å²) < 4.78 is 12.3. The second-order valence-electron chi connectivity index (χ2n) is 11.3. The van der Waals surface area contributed by atoms with Crippen molar-refractivity contribution in [1.29, 1.82) is 0 Å². The van der Waals surface area contributed by atoms with E-state index in [4.69, 9.17) is 9.47 Å². The minimum absolute atomic E-state index is 0.0229. The van der Waals surface area contributed by atoms with Crippen molar-refractivity contribution in [3.05, 3.63) is 57.6 Å². The van der Waals surface area contributed by atoms with Crippen molar-refractivity contribution in [3.63, 3.8) is 0 Å². The highest BCUT2D eigenvalue weighted by molar-refractivity contribution is 5.54. The fourth-order valence-corrected chi connectivity index (χ4v) is 5.85. The lowest BCUT2D eigenvalue weighted by Crippen LogP contribution is -2.27. The molecule has 0 bridgehead atoms. The summed E-state index contributed by atoms with van der Waals surface area (Å²) in [5.41, 5.74) is 7.54. The average Bonchev–Trinajstić information content (AvgIpc) is 2.87. The summed E-state index contributed by atoms with van der Waals surface area (Å²) in [4.78, 5) is 0. The van der Waals surface area contributed by atoms with Gasteiger partial charge >= 0.3 is 0 Å². The van der Waals surface area contributed by atoms with Crippen molar-refractivity contribution in [2.24, 2.45) is 5.92 Å². The van der Waals surface area contributed by atoms with Gasteiger partial charge in [0.05, 0.1) is 13.2 Å². The lowest BCUT2D eigenvalue weighted by atomic mass is 9.69. The first kappa shape index (κ1) is 32.2. The normalized spacial score (nSPS) is 11.8. The smallest absolute Gasteiger partial charge is 0.125 e. The maximum Gasteiger partial charge on any atom is 0.125 e. The molecule has 0 saturated heterocycles. The van der Waals surface area contributed by atoms with Gasteiger partial charge in [-0.1, -0.05) is 98.4 Å². The first-order chi connectivity index (χ1) is 18.3. The van der Waals surface area contributed by atoms with Crippen LogP contribution in [-0.4, -0.2) is 36.6 Å². The van der Waals surface area contributed by atoms with Crippen molar-refractivity contribution >= 4 is 0 Å². The molecule has 0 heterocycles. The van der Waals surface area contributed by atoms with Crippen LogP contribution in [0.5, 0.6) is 11.5 Å². The fraction of sp³-hybridized carbons (Fsp3) is 0.647. The Morgan fingerprint density at radius 2 is 0.947 bits per heavy atom. The van der Waals surface area contributed by atoms with Gasteiger partial charge in [0.25, 0.3) is 0 Å². The zero-order valence-corrected chi connectivity index (χ0v) is 25.3. The molecule has 4 nitrogen and oxygen atoms in total. The van der Waals surface area contributed by atoms with E-state index in [0.29, 0.717) is 19.1 Å². The molecule has 38 heavy (non-hydrogen) atoms. The van der Waals surface area contributed by atoms with Crippen LogP contribution in [0.4, 0.5) is 0 Å². The number of aliphatic hydroxyl groups is 2. The number of hydrogen-bond donors (Lipinski definition) is 2. The molecule has 0 aliphatic heterocycles. The SMILES string of the molecule is CCCc1cc(C(C)(CC(C)C)c2cc(CCC)c(OCCO)c(CCC)c2)cc(CCC)c1OCCO. The molecule has 0 fully saturated rings. The van der Waals surface area contributed by atoms with Crippen molar-refractivity contribution < 1.29 is 19.7 Å². The zero-order chi connectivity index (χ0) is 28.1. The lowest BCUT2D eigenvalue weighted by molar-refractivity contribution is 0.199. The van der Waals surface area contributed by atoms with Gasteiger partial charge in [-0.15, -0.1) is 0 Å². The molecule has 0 atom stereocenters. The summed E-state index contributed by atoms with van der Waals surface area (Å²) in [7, 11) is 0. The van der Waals surface area contributed by atoms with Crippen molar-refractivity contribution in [2.45, 2.75) is 112 Å². The highest BCUT2D eigenvalue weighted by Crippen LogP contribution is 2.44. The van der Waals surface area contributed by atoms with Crippen molar-refractivity contribution in [3.8, 4) is 11.5 Å². The molecule has 0 aliphatic rings. The van der Waals surface area contributed by atoms with Crippen LogP contribution in [0.25, 0.3) is 0 Å². The van der Waals surface area contributed by atoms with Gasteiger partial charge in [0.2, 0.25) is 0 Å². The molecule has 2 aromatic rings. The minimum atomic E-state index is -0.171. The Balaban J connectivity index is 2.84. The van der Waals surface area contributed by atoms with E-state index in [0.717, 1.165) is 69.3 Å². The number of hydrogen-bond acceptors (Lipinski definition) is 4. The first-order valence-corrected chi connectivity index (χ1v) is 15.1. The van der Waals surface area contributed by atoms with Crippen molar-refractivity contribution in [2.75, 3.05) is 26.4 Å². The Bertz CT molecular complexity index is 853. The quantitative estimate of drug-likeness (QED) is 0.210. The molecular formula is C34H54O4. The minimum Gasteiger partial charge on any atom is -0.491 e. The van der Waals surface area contributed by atoms with E-state index in [-0.39, 0.29) is 18.6 Å². The molecule has 0 aliphatic carbocycles. The summed E-state index contributed by atoms with van der Waals surface area (Å²) in [6.45, 7) is 16.6. The largest absolute Gasteiger partial charge is 0.491 e. The zero-order valence-electron chi connectivity index (χ0n) is 25.3. The summed E-state index contributed by atoms with van der Waals surface area (Å²) in [6, 6.07) is 9.53. The highest BCUT2D eigenvalue weighted by Gasteiger charge is 2.33. The Morgan fingerprint density at radius 3 is 1.18 bits per heavy atom. The third-order valence-electron chi connectivity index (χ3n) is 7.33. The number of ether oxygens (including phenoxy) is 2. The lowest BCUT2D eigenvalue weighted by Gasteiger charge is -2.35. The van der Waals surface area contributed by atoms with E-state index in [1.165, 1.54) is 33.4 Å². The van der Waals surface area contributed by atoms with Crippen LogP contribution in [0, 0.1) is 5.92 Å². The summed E-state index contributed by atoms with van der Waals surface area (Å²) >= 11 is 0. The van der Waals surface area contributed by atoms with Crippen LogP contribution in [0.15, 0.2) is 24.3 Å². The molecule has 0 aromatic heterocycles. The van der Waals surface area contributed by atoms with Crippen molar-refractivity contribution in [1.82, 2.24) is 0 Å². The monoisotopic (exact) mass is 526 g/mol. The van der Waals surface area contributed by atoms with Crippen LogP contribution < -0.4 is 9.47 Å². The molecular weight excluding hydrogens is 472 g/mol. The summed E-state index contributed by atoms with van der Waals surface area (Å²) in [5, 5.41) is 18.9. The maximum absolute atomic E-state index is 9.47. The number of aryl methyl sites for hydroxylation is 4. The van der Waals surface area contributed by atoms with E-state index >= 15 is 0 Å². The van der Waals surface area contributed by atoms with Gasteiger partial charge in [-0.3, -0.25) is 0 Å². The van der Waals surface area contributed by atoms with Crippen LogP contribution in [-0.2, 0) is 31.1 Å². The predicted octanol–water partition coefficient (Wildman–Crippen LogP) is 7.59. The molecule has 0 spiro atoms. The van der Waals surface area contributed by atoms with Gasteiger partial charge < -0.3 is 19.7 Å². The number of rotatable bonds is 18.